The molecule has 1 aliphatic rings. The van der Waals surface area contributed by atoms with E-state index in [9.17, 15) is 4.39 Å². The van der Waals surface area contributed by atoms with Gasteiger partial charge in [-0.15, -0.1) is 0 Å². The van der Waals surface area contributed by atoms with Crippen molar-refractivity contribution in [2.24, 2.45) is 5.73 Å². The Morgan fingerprint density at radius 1 is 1.38 bits per heavy atom. The summed E-state index contributed by atoms with van der Waals surface area (Å²) in [6.07, 6.45) is 7.58. The highest BCUT2D eigenvalue weighted by molar-refractivity contribution is 4.91. The van der Waals surface area contributed by atoms with Crippen molar-refractivity contribution >= 4 is 0 Å². The minimum absolute atomic E-state index is 0.121. The van der Waals surface area contributed by atoms with E-state index >= 15 is 0 Å². The maximum absolute atomic E-state index is 13.9. The van der Waals surface area contributed by atoms with Crippen LogP contribution in [0.15, 0.2) is 0 Å². The Morgan fingerprint density at radius 3 is 2.69 bits per heavy atom. The molecule has 1 fully saturated rings. The zero-order valence-electron chi connectivity index (χ0n) is 8.69. The van der Waals surface area contributed by atoms with Crippen LogP contribution in [0.3, 0.4) is 0 Å². The monoisotopic (exact) mass is 187 g/mol. The molecule has 0 aliphatic heterocycles. The molecule has 0 saturated heterocycles. The summed E-state index contributed by atoms with van der Waals surface area (Å²) < 4.78 is 13.9. The summed E-state index contributed by atoms with van der Waals surface area (Å²) in [4.78, 5) is 0. The van der Waals surface area contributed by atoms with Gasteiger partial charge in [0.2, 0.25) is 0 Å². The molecule has 0 aromatic carbocycles. The van der Waals surface area contributed by atoms with Gasteiger partial charge in [-0.25, -0.2) is 4.39 Å². The quantitative estimate of drug-likeness (QED) is 0.657. The molecule has 1 aliphatic carbocycles. The Balaban J connectivity index is 2.12. The Labute approximate surface area is 80.9 Å². The fraction of sp³-hybridized carbons (Fsp3) is 1.00. The van der Waals surface area contributed by atoms with Gasteiger partial charge in [-0.05, 0) is 25.7 Å². The van der Waals surface area contributed by atoms with E-state index in [1.54, 1.807) is 0 Å². The smallest absolute Gasteiger partial charge is 0.112 e. The third kappa shape index (κ3) is 3.63. The van der Waals surface area contributed by atoms with E-state index in [4.69, 9.17) is 5.73 Å². The average Bonchev–Trinajstić information content (AvgIpc) is 2.41. The summed E-state index contributed by atoms with van der Waals surface area (Å²) in [5, 5.41) is 0. The summed E-state index contributed by atoms with van der Waals surface area (Å²) in [7, 11) is 0. The zero-order chi connectivity index (χ0) is 9.73. The van der Waals surface area contributed by atoms with Gasteiger partial charge in [-0.1, -0.05) is 32.6 Å². The fourth-order valence-corrected chi connectivity index (χ4v) is 2.21. The first-order valence-corrected chi connectivity index (χ1v) is 5.61. The fourth-order valence-electron chi connectivity index (χ4n) is 2.21. The van der Waals surface area contributed by atoms with Gasteiger partial charge in [0.1, 0.15) is 5.67 Å². The van der Waals surface area contributed by atoms with Gasteiger partial charge < -0.3 is 5.73 Å². The van der Waals surface area contributed by atoms with Crippen LogP contribution in [0, 0.1) is 0 Å². The lowest BCUT2D eigenvalue weighted by molar-refractivity contribution is 0.152. The van der Waals surface area contributed by atoms with Crippen LogP contribution in [0.2, 0.25) is 0 Å². The minimum Gasteiger partial charge on any atom is -0.328 e. The van der Waals surface area contributed by atoms with E-state index in [0.717, 1.165) is 19.3 Å². The second-order valence-corrected chi connectivity index (χ2v) is 4.46. The molecule has 0 amide bonds. The number of halogens is 1. The van der Waals surface area contributed by atoms with E-state index < -0.39 is 5.67 Å². The number of hydrogen-bond donors (Lipinski definition) is 1. The molecule has 1 saturated carbocycles. The van der Waals surface area contributed by atoms with Crippen LogP contribution >= 0.6 is 0 Å². The third-order valence-corrected chi connectivity index (χ3v) is 3.07. The molecule has 0 spiro atoms. The SMILES string of the molecule is CCCCCCC1(F)CCC(N)C1. The summed E-state index contributed by atoms with van der Waals surface area (Å²) in [5.74, 6) is 0. The Hall–Kier alpha value is -0.110. The van der Waals surface area contributed by atoms with Crippen LogP contribution in [0.25, 0.3) is 0 Å². The molecule has 2 N–H and O–H groups in total. The van der Waals surface area contributed by atoms with Crippen LogP contribution in [-0.2, 0) is 0 Å². The number of hydrogen-bond acceptors (Lipinski definition) is 1. The Bertz CT molecular complexity index is 149. The molecule has 2 atom stereocenters. The molecular formula is C11H22FN. The van der Waals surface area contributed by atoms with Crippen molar-refractivity contribution in [2.45, 2.75) is 70.0 Å². The molecule has 2 heteroatoms. The van der Waals surface area contributed by atoms with Crippen molar-refractivity contribution in [3.63, 3.8) is 0 Å². The highest BCUT2D eigenvalue weighted by Gasteiger charge is 2.36. The Morgan fingerprint density at radius 2 is 2.15 bits per heavy atom. The van der Waals surface area contributed by atoms with Gasteiger partial charge in [-0.3, -0.25) is 0 Å². The van der Waals surface area contributed by atoms with Crippen LogP contribution in [0.4, 0.5) is 4.39 Å². The van der Waals surface area contributed by atoms with Crippen molar-refractivity contribution < 1.29 is 4.39 Å². The molecule has 1 nitrogen and oxygen atoms in total. The molecule has 1 rings (SSSR count). The van der Waals surface area contributed by atoms with Crippen LogP contribution in [-0.4, -0.2) is 11.7 Å². The first-order chi connectivity index (χ1) is 6.16. The molecular weight excluding hydrogens is 165 g/mol. The molecule has 0 aromatic rings. The minimum atomic E-state index is -0.910. The van der Waals surface area contributed by atoms with E-state index in [0.29, 0.717) is 12.8 Å². The van der Waals surface area contributed by atoms with Gasteiger partial charge in [0, 0.05) is 6.04 Å². The van der Waals surface area contributed by atoms with Crippen molar-refractivity contribution in [3.8, 4) is 0 Å². The molecule has 0 heterocycles. The van der Waals surface area contributed by atoms with Crippen molar-refractivity contribution in [1.29, 1.82) is 0 Å². The van der Waals surface area contributed by atoms with E-state index in [-0.39, 0.29) is 6.04 Å². The highest BCUT2D eigenvalue weighted by atomic mass is 19.1. The molecule has 13 heavy (non-hydrogen) atoms. The molecule has 0 radical (unpaired) electrons. The third-order valence-electron chi connectivity index (χ3n) is 3.07. The lowest BCUT2D eigenvalue weighted by atomic mass is 9.96. The number of alkyl halides is 1. The maximum Gasteiger partial charge on any atom is 0.112 e. The lowest BCUT2D eigenvalue weighted by Crippen LogP contribution is -2.23. The first kappa shape index (κ1) is 11.0. The van der Waals surface area contributed by atoms with Gasteiger partial charge in [0.25, 0.3) is 0 Å². The van der Waals surface area contributed by atoms with E-state index in [1.807, 2.05) is 0 Å². The summed E-state index contributed by atoms with van der Waals surface area (Å²) in [5.41, 5.74) is 4.79. The lowest BCUT2D eigenvalue weighted by Gasteiger charge is -2.18. The van der Waals surface area contributed by atoms with Gasteiger partial charge in [0.15, 0.2) is 0 Å². The summed E-state index contributed by atoms with van der Waals surface area (Å²) in [6.45, 7) is 2.18. The molecule has 0 aromatic heterocycles. The molecule has 2 unspecified atom stereocenters. The van der Waals surface area contributed by atoms with E-state index in [1.165, 1.54) is 19.3 Å². The second kappa shape index (κ2) is 4.94. The second-order valence-electron chi connectivity index (χ2n) is 4.46. The number of unbranched alkanes of at least 4 members (excludes halogenated alkanes) is 3. The predicted molar refractivity (Wildman–Crippen MR) is 54.4 cm³/mol. The van der Waals surface area contributed by atoms with Crippen molar-refractivity contribution in [2.75, 3.05) is 0 Å². The van der Waals surface area contributed by atoms with Gasteiger partial charge in [0.05, 0.1) is 0 Å². The summed E-state index contributed by atoms with van der Waals surface area (Å²) >= 11 is 0. The zero-order valence-corrected chi connectivity index (χ0v) is 8.69. The van der Waals surface area contributed by atoms with E-state index in [2.05, 4.69) is 6.92 Å². The maximum atomic E-state index is 13.9. The summed E-state index contributed by atoms with van der Waals surface area (Å²) in [6, 6.07) is 0.121. The number of nitrogens with two attached hydrogens (primary N) is 1. The first-order valence-electron chi connectivity index (χ1n) is 5.61. The van der Waals surface area contributed by atoms with Crippen molar-refractivity contribution in [3.05, 3.63) is 0 Å². The van der Waals surface area contributed by atoms with Crippen LogP contribution < -0.4 is 5.73 Å². The Kier molecular flexibility index (Phi) is 4.17. The normalized spacial score (nSPS) is 33.9. The topological polar surface area (TPSA) is 26.0 Å². The van der Waals surface area contributed by atoms with Crippen LogP contribution in [0.1, 0.15) is 58.3 Å². The highest BCUT2D eigenvalue weighted by Crippen LogP contribution is 2.37. The number of rotatable bonds is 5. The van der Waals surface area contributed by atoms with Crippen molar-refractivity contribution in [1.82, 2.24) is 0 Å². The largest absolute Gasteiger partial charge is 0.328 e. The van der Waals surface area contributed by atoms with Gasteiger partial charge >= 0.3 is 0 Å². The van der Waals surface area contributed by atoms with Gasteiger partial charge in [-0.2, -0.15) is 0 Å². The molecule has 78 valence electrons. The standard InChI is InChI=1S/C11H22FN/c1-2-3-4-5-7-11(12)8-6-10(13)9-11/h10H,2-9,13H2,1H3. The average molecular weight is 187 g/mol. The molecule has 0 bridgehead atoms. The van der Waals surface area contributed by atoms with Crippen LogP contribution in [0.5, 0.6) is 0 Å². The predicted octanol–water partition coefficient (Wildman–Crippen LogP) is 3.18.